The number of aliphatic carboxylic acids is 1. The molecule has 118 valence electrons. The van der Waals surface area contributed by atoms with Crippen molar-refractivity contribution in [1.29, 1.82) is 0 Å². The highest BCUT2D eigenvalue weighted by atomic mass is 79.9. The SMILES string of the molecule is CC(=O)OC1CCN(c2ccc(Br)cc2C=C(C)C(=O)O)C1. The molecule has 1 fully saturated rings. The Hall–Kier alpha value is -1.82. The van der Waals surface area contributed by atoms with Crippen molar-refractivity contribution in [2.75, 3.05) is 18.0 Å². The Morgan fingerprint density at radius 2 is 2.14 bits per heavy atom. The molecule has 0 radical (unpaired) electrons. The quantitative estimate of drug-likeness (QED) is 0.654. The predicted octanol–water partition coefficient (Wildman–Crippen LogP) is 3.08. The molecule has 6 heteroatoms. The average Bonchev–Trinajstić information content (AvgIpc) is 2.86. The second-order valence-electron chi connectivity index (χ2n) is 5.30. The van der Waals surface area contributed by atoms with Crippen molar-refractivity contribution in [3.05, 3.63) is 33.8 Å². The molecule has 1 N–H and O–H groups in total. The molecule has 1 aliphatic rings. The van der Waals surface area contributed by atoms with Gasteiger partial charge in [-0.25, -0.2) is 4.79 Å². The number of carbonyl (C=O) groups is 2. The lowest BCUT2D eigenvalue weighted by Gasteiger charge is -2.21. The molecular weight excluding hydrogens is 350 g/mol. The number of nitrogens with zero attached hydrogens (tertiary/aromatic N) is 1. The Bertz CT molecular complexity index is 627. The van der Waals surface area contributed by atoms with Gasteiger partial charge in [0.1, 0.15) is 6.10 Å². The van der Waals surface area contributed by atoms with Gasteiger partial charge in [0.15, 0.2) is 0 Å². The molecule has 1 aromatic rings. The molecular formula is C16H18BrNO4. The van der Waals surface area contributed by atoms with E-state index in [1.54, 1.807) is 13.0 Å². The fourth-order valence-corrected chi connectivity index (χ4v) is 2.88. The van der Waals surface area contributed by atoms with Crippen LogP contribution in [-0.2, 0) is 14.3 Å². The van der Waals surface area contributed by atoms with Crippen LogP contribution in [0, 0.1) is 0 Å². The van der Waals surface area contributed by atoms with Gasteiger partial charge in [-0.05, 0) is 36.8 Å². The number of ether oxygens (including phenoxy) is 1. The Morgan fingerprint density at radius 1 is 1.41 bits per heavy atom. The first-order chi connectivity index (χ1) is 10.4. The van der Waals surface area contributed by atoms with Crippen molar-refractivity contribution in [3.8, 4) is 0 Å². The molecule has 1 aromatic carbocycles. The molecule has 1 atom stereocenters. The topological polar surface area (TPSA) is 66.8 Å². The van der Waals surface area contributed by atoms with Crippen LogP contribution in [0.1, 0.15) is 25.8 Å². The van der Waals surface area contributed by atoms with Gasteiger partial charge < -0.3 is 14.7 Å². The van der Waals surface area contributed by atoms with E-state index in [4.69, 9.17) is 9.84 Å². The number of carbonyl (C=O) groups excluding carboxylic acids is 1. The molecule has 1 heterocycles. The monoisotopic (exact) mass is 367 g/mol. The number of carboxylic acids is 1. The summed E-state index contributed by atoms with van der Waals surface area (Å²) in [6, 6.07) is 5.75. The predicted molar refractivity (Wildman–Crippen MR) is 87.8 cm³/mol. The maximum atomic E-state index is 11.1. The van der Waals surface area contributed by atoms with E-state index in [1.165, 1.54) is 6.92 Å². The Balaban J connectivity index is 2.26. The van der Waals surface area contributed by atoms with E-state index in [9.17, 15) is 9.59 Å². The van der Waals surface area contributed by atoms with Crippen LogP contribution in [0.5, 0.6) is 0 Å². The smallest absolute Gasteiger partial charge is 0.331 e. The van der Waals surface area contributed by atoms with Gasteiger partial charge in [-0.15, -0.1) is 0 Å². The van der Waals surface area contributed by atoms with Crippen LogP contribution in [0.15, 0.2) is 28.2 Å². The first kappa shape index (κ1) is 16.5. The van der Waals surface area contributed by atoms with Crippen LogP contribution >= 0.6 is 15.9 Å². The third kappa shape index (κ3) is 4.10. The first-order valence-corrected chi connectivity index (χ1v) is 7.79. The summed E-state index contributed by atoms with van der Waals surface area (Å²) >= 11 is 3.41. The minimum atomic E-state index is -0.940. The molecule has 0 aromatic heterocycles. The van der Waals surface area contributed by atoms with Crippen molar-refractivity contribution in [1.82, 2.24) is 0 Å². The molecule has 1 saturated heterocycles. The minimum absolute atomic E-state index is 0.112. The van der Waals surface area contributed by atoms with Crippen molar-refractivity contribution in [2.45, 2.75) is 26.4 Å². The van der Waals surface area contributed by atoms with Crippen molar-refractivity contribution < 1.29 is 19.4 Å². The van der Waals surface area contributed by atoms with Crippen LogP contribution in [0.2, 0.25) is 0 Å². The standard InChI is InChI=1S/C16H18BrNO4/c1-10(16(20)21)7-12-8-13(17)3-4-15(12)18-6-5-14(9-18)22-11(2)19/h3-4,7-8,14H,5-6,9H2,1-2H3,(H,20,21). The lowest BCUT2D eigenvalue weighted by atomic mass is 10.1. The second-order valence-corrected chi connectivity index (χ2v) is 6.22. The van der Waals surface area contributed by atoms with E-state index in [0.717, 1.165) is 28.7 Å². The number of benzene rings is 1. The summed E-state index contributed by atoms with van der Waals surface area (Å²) in [5.41, 5.74) is 2.05. The number of hydrogen-bond acceptors (Lipinski definition) is 4. The molecule has 22 heavy (non-hydrogen) atoms. The average molecular weight is 368 g/mol. The zero-order chi connectivity index (χ0) is 16.3. The zero-order valence-electron chi connectivity index (χ0n) is 12.5. The van der Waals surface area contributed by atoms with Crippen molar-refractivity contribution in [3.63, 3.8) is 0 Å². The van der Waals surface area contributed by atoms with Gasteiger partial charge in [-0.3, -0.25) is 4.79 Å². The molecule has 2 rings (SSSR count). The third-order valence-corrected chi connectivity index (χ3v) is 4.01. The van der Waals surface area contributed by atoms with Gasteiger partial charge >= 0.3 is 11.9 Å². The summed E-state index contributed by atoms with van der Waals surface area (Å²) < 4.78 is 6.13. The van der Waals surface area contributed by atoms with Crippen molar-refractivity contribution >= 4 is 39.6 Å². The molecule has 0 spiro atoms. The van der Waals surface area contributed by atoms with Gasteiger partial charge in [0, 0.05) is 35.6 Å². The summed E-state index contributed by atoms with van der Waals surface area (Å²) in [6.45, 7) is 4.37. The summed E-state index contributed by atoms with van der Waals surface area (Å²) in [7, 11) is 0. The van der Waals surface area contributed by atoms with Gasteiger partial charge in [-0.2, -0.15) is 0 Å². The van der Waals surface area contributed by atoms with Crippen LogP contribution in [-0.4, -0.2) is 36.2 Å². The van der Waals surface area contributed by atoms with Gasteiger partial charge in [0.05, 0.1) is 6.54 Å². The number of rotatable bonds is 4. The molecule has 0 amide bonds. The molecule has 0 saturated carbocycles. The fourth-order valence-electron chi connectivity index (χ4n) is 2.50. The highest BCUT2D eigenvalue weighted by Gasteiger charge is 2.26. The lowest BCUT2D eigenvalue weighted by molar-refractivity contribution is -0.145. The number of carboxylic acid groups (broad SMARTS) is 1. The maximum Gasteiger partial charge on any atom is 0.331 e. The number of anilines is 1. The zero-order valence-corrected chi connectivity index (χ0v) is 14.1. The summed E-state index contributed by atoms with van der Waals surface area (Å²) in [6.07, 6.45) is 2.32. The molecule has 1 aliphatic heterocycles. The highest BCUT2D eigenvalue weighted by molar-refractivity contribution is 9.10. The van der Waals surface area contributed by atoms with Crippen molar-refractivity contribution in [2.24, 2.45) is 0 Å². The normalized spacial score (nSPS) is 18.4. The van der Waals surface area contributed by atoms with Crippen LogP contribution in [0.25, 0.3) is 6.08 Å². The third-order valence-electron chi connectivity index (χ3n) is 3.52. The molecule has 5 nitrogen and oxygen atoms in total. The molecule has 0 bridgehead atoms. The lowest BCUT2D eigenvalue weighted by Crippen LogP contribution is -2.24. The van der Waals surface area contributed by atoms with Gasteiger partial charge in [-0.1, -0.05) is 15.9 Å². The molecule has 1 unspecified atom stereocenters. The van der Waals surface area contributed by atoms with E-state index < -0.39 is 5.97 Å². The summed E-state index contributed by atoms with van der Waals surface area (Å²) in [5.74, 6) is -1.21. The van der Waals surface area contributed by atoms with E-state index in [2.05, 4.69) is 20.8 Å². The number of halogens is 1. The summed E-state index contributed by atoms with van der Waals surface area (Å²) in [5, 5.41) is 9.06. The molecule has 0 aliphatic carbocycles. The number of esters is 1. The van der Waals surface area contributed by atoms with E-state index in [-0.39, 0.29) is 17.6 Å². The summed E-state index contributed by atoms with van der Waals surface area (Å²) in [4.78, 5) is 24.2. The van der Waals surface area contributed by atoms with E-state index in [1.807, 2.05) is 18.2 Å². The van der Waals surface area contributed by atoms with E-state index in [0.29, 0.717) is 6.54 Å². The fraction of sp³-hybridized carbons (Fsp3) is 0.375. The number of hydrogen-bond donors (Lipinski definition) is 1. The Kier molecular flexibility index (Phi) is 5.24. The minimum Gasteiger partial charge on any atom is -0.478 e. The van der Waals surface area contributed by atoms with Crippen LogP contribution < -0.4 is 4.90 Å². The van der Waals surface area contributed by atoms with Crippen LogP contribution in [0.4, 0.5) is 5.69 Å². The van der Waals surface area contributed by atoms with Gasteiger partial charge in [0.25, 0.3) is 0 Å². The maximum absolute atomic E-state index is 11.1. The Morgan fingerprint density at radius 3 is 2.77 bits per heavy atom. The van der Waals surface area contributed by atoms with Gasteiger partial charge in [0.2, 0.25) is 0 Å². The first-order valence-electron chi connectivity index (χ1n) is 7.00. The second kappa shape index (κ2) is 6.96. The van der Waals surface area contributed by atoms with E-state index >= 15 is 0 Å². The Labute approximate surface area is 137 Å². The van der Waals surface area contributed by atoms with Crippen LogP contribution in [0.3, 0.4) is 0 Å². The largest absolute Gasteiger partial charge is 0.478 e. The highest BCUT2D eigenvalue weighted by Crippen LogP contribution is 2.30.